The van der Waals surface area contributed by atoms with Crippen LogP contribution in [0.3, 0.4) is 0 Å². The van der Waals surface area contributed by atoms with E-state index in [1.54, 1.807) is 0 Å². The molecule has 4 aliphatic rings. The highest BCUT2D eigenvalue weighted by Crippen LogP contribution is 2.61. The van der Waals surface area contributed by atoms with Gasteiger partial charge >= 0.3 is 0 Å². The molecule has 5 atom stereocenters. The Morgan fingerprint density at radius 1 is 0.596 bits per heavy atom. The van der Waals surface area contributed by atoms with Crippen LogP contribution < -0.4 is 10.6 Å². The normalized spacial score (nSPS) is 28.6. The number of allylic oxidation sites excluding steroid dienone is 12. The van der Waals surface area contributed by atoms with Gasteiger partial charge in [-0.05, 0) is 64.7 Å². The summed E-state index contributed by atoms with van der Waals surface area (Å²) in [5, 5.41) is 2.77. The highest BCUT2D eigenvalue weighted by atomic mass is 31.2. The molecule has 0 aliphatic heterocycles. The zero-order chi connectivity index (χ0) is 31.8. The van der Waals surface area contributed by atoms with E-state index in [1.165, 1.54) is 22.3 Å². The molecule has 0 amide bonds. The molecule has 0 heterocycles. The largest absolute Gasteiger partial charge is 0.309 e. The van der Waals surface area contributed by atoms with Gasteiger partial charge in [0.15, 0.2) is 7.14 Å². The lowest BCUT2D eigenvalue weighted by molar-refractivity contribution is 0.0838. The molecule has 8 rings (SSSR count). The maximum atomic E-state index is 15.1. The summed E-state index contributed by atoms with van der Waals surface area (Å²) < 4.78 is 15.1. The van der Waals surface area contributed by atoms with Crippen molar-refractivity contribution >= 4 is 17.8 Å². The summed E-state index contributed by atoms with van der Waals surface area (Å²) in [6, 6.07) is 39.0. The molecule has 0 bridgehead atoms. The standard InChI is InChI=1S/C45H41OP/c1-45(36-29-25-34(26-30-36)33-15-5-2-6-16-33)42-23-13-11-21-40(42)44(41-22-12-14-24-43(41)45)35-27-31-39(32-28-35)47(46,37-17-7-3-8-18-37)38-19-9-4-10-20-38/h2-3,5-9,11-32,40-44H,4,10H2,1H3. The number of fused-ring (bicyclic) bond motifs is 2. The van der Waals surface area contributed by atoms with Crippen molar-refractivity contribution in [1.29, 1.82) is 0 Å². The smallest absolute Gasteiger partial charge is 0.170 e. The lowest BCUT2D eigenvalue weighted by Crippen LogP contribution is -2.53. The molecule has 232 valence electrons. The van der Waals surface area contributed by atoms with Crippen molar-refractivity contribution < 1.29 is 4.57 Å². The first kappa shape index (κ1) is 29.9. The summed E-state index contributed by atoms with van der Waals surface area (Å²) in [6.07, 6.45) is 27.2. The van der Waals surface area contributed by atoms with Crippen LogP contribution in [-0.4, -0.2) is 0 Å². The van der Waals surface area contributed by atoms with E-state index in [1.807, 2.05) is 30.3 Å². The predicted octanol–water partition coefficient (Wildman–Crippen LogP) is 10.7. The lowest BCUT2D eigenvalue weighted by Gasteiger charge is -2.57. The molecule has 0 saturated heterocycles. The second-order valence-electron chi connectivity index (χ2n) is 13.6. The topological polar surface area (TPSA) is 17.1 Å². The van der Waals surface area contributed by atoms with Crippen LogP contribution in [0.4, 0.5) is 0 Å². The quantitative estimate of drug-likeness (QED) is 0.194. The third-order valence-corrected chi connectivity index (χ3v) is 14.4. The average molecular weight is 629 g/mol. The molecule has 47 heavy (non-hydrogen) atoms. The van der Waals surface area contributed by atoms with Crippen molar-refractivity contribution in [1.82, 2.24) is 0 Å². The number of benzene rings is 4. The molecule has 0 N–H and O–H groups in total. The van der Waals surface area contributed by atoms with E-state index in [0.717, 1.165) is 28.8 Å². The van der Waals surface area contributed by atoms with Gasteiger partial charge in [-0.3, -0.25) is 0 Å². The van der Waals surface area contributed by atoms with Gasteiger partial charge in [-0.25, -0.2) is 0 Å². The van der Waals surface area contributed by atoms with Crippen LogP contribution in [0, 0.1) is 23.7 Å². The van der Waals surface area contributed by atoms with Crippen LogP contribution in [0.25, 0.3) is 11.1 Å². The Hall–Kier alpha value is -4.45. The number of hydrogen-bond donors (Lipinski definition) is 0. The molecule has 1 fully saturated rings. The van der Waals surface area contributed by atoms with Gasteiger partial charge < -0.3 is 4.57 Å². The molecule has 0 spiro atoms. The SMILES string of the molecule is CC1(c2ccc(-c3ccccc3)cc2)C2C=CC=CC2C(c2ccc(P(=O)(C3=CCCC=C3)c3ccccc3)cc2)C2C=CC=CC21. The van der Waals surface area contributed by atoms with Crippen molar-refractivity contribution in [3.8, 4) is 11.1 Å². The van der Waals surface area contributed by atoms with Crippen LogP contribution in [-0.2, 0) is 9.98 Å². The van der Waals surface area contributed by atoms with Crippen molar-refractivity contribution in [2.24, 2.45) is 23.7 Å². The second-order valence-corrected chi connectivity index (χ2v) is 16.4. The van der Waals surface area contributed by atoms with Gasteiger partial charge in [0.2, 0.25) is 0 Å². The van der Waals surface area contributed by atoms with E-state index >= 15 is 4.57 Å². The van der Waals surface area contributed by atoms with E-state index in [-0.39, 0.29) is 5.41 Å². The summed E-state index contributed by atoms with van der Waals surface area (Å²) in [4.78, 5) is 0. The Balaban J connectivity index is 1.18. The average Bonchev–Trinajstić information content (AvgIpc) is 3.16. The molecule has 5 unspecified atom stereocenters. The van der Waals surface area contributed by atoms with E-state index in [2.05, 4.69) is 153 Å². The van der Waals surface area contributed by atoms with Crippen molar-refractivity contribution in [2.75, 3.05) is 0 Å². The van der Waals surface area contributed by atoms with Crippen molar-refractivity contribution in [3.05, 3.63) is 192 Å². The van der Waals surface area contributed by atoms with Gasteiger partial charge in [-0.2, -0.15) is 0 Å². The number of rotatable bonds is 6. The van der Waals surface area contributed by atoms with Crippen LogP contribution in [0.5, 0.6) is 0 Å². The minimum atomic E-state index is -2.98. The third-order valence-electron chi connectivity index (χ3n) is 11.3. The van der Waals surface area contributed by atoms with Gasteiger partial charge in [0.05, 0.1) is 0 Å². The van der Waals surface area contributed by atoms with Gasteiger partial charge in [-0.15, -0.1) is 0 Å². The van der Waals surface area contributed by atoms with Gasteiger partial charge in [0.1, 0.15) is 0 Å². The Labute approximate surface area is 279 Å². The minimum Gasteiger partial charge on any atom is -0.309 e. The fraction of sp³-hybridized carbons (Fsp3) is 0.200. The van der Waals surface area contributed by atoms with Crippen LogP contribution >= 0.6 is 7.14 Å². The van der Waals surface area contributed by atoms with Gasteiger partial charge in [0.25, 0.3) is 0 Å². The number of hydrogen-bond acceptors (Lipinski definition) is 1. The van der Waals surface area contributed by atoms with E-state index < -0.39 is 7.14 Å². The van der Waals surface area contributed by atoms with Gasteiger partial charge in [0, 0.05) is 21.3 Å². The van der Waals surface area contributed by atoms with Crippen LogP contribution in [0.2, 0.25) is 0 Å². The molecular formula is C45H41OP. The maximum absolute atomic E-state index is 15.1. The Morgan fingerprint density at radius 2 is 1.15 bits per heavy atom. The molecule has 4 aromatic carbocycles. The molecule has 0 aromatic heterocycles. The molecule has 2 heteroatoms. The van der Waals surface area contributed by atoms with Crippen LogP contribution in [0.15, 0.2) is 181 Å². The molecule has 1 saturated carbocycles. The lowest BCUT2D eigenvalue weighted by atomic mass is 9.46. The van der Waals surface area contributed by atoms with Crippen molar-refractivity contribution in [3.63, 3.8) is 0 Å². The Morgan fingerprint density at radius 3 is 1.74 bits per heavy atom. The van der Waals surface area contributed by atoms with Crippen LogP contribution in [0.1, 0.15) is 36.8 Å². The van der Waals surface area contributed by atoms with E-state index in [9.17, 15) is 0 Å². The summed E-state index contributed by atoms with van der Waals surface area (Å²) in [6.45, 7) is 2.49. The first-order valence-corrected chi connectivity index (χ1v) is 18.8. The zero-order valence-electron chi connectivity index (χ0n) is 26.9. The fourth-order valence-electron chi connectivity index (χ4n) is 8.92. The first-order chi connectivity index (χ1) is 23.1. The monoisotopic (exact) mass is 628 g/mol. The van der Waals surface area contributed by atoms with Gasteiger partial charge in [-0.1, -0.05) is 183 Å². The summed E-state index contributed by atoms with van der Waals surface area (Å²) in [7, 11) is -2.98. The second kappa shape index (κ2) is 12.3. The van der Waals surface area contributed by atoms with E-state index in [0.29, 0.717) is 29.6 Å². The Bertz CT molecular complexity index is 1940. The third kappa shape index (κ3) is 5.04. The fourth-order valence-corrected chi connectivity index (χ4v) is 11.7. The summed E-state index contributed by atoms with van der Waals surface area (Å²) >= 11 is 0. The summed E-state index contributed by atoms with van der Waals surface area (Å²) in [5.41, 5.74) is 5.15. The molecule has 4 aliphatic carbocycles. The maximum Gasteiger partial charge on any atom is 0.170 e. The predicted molar refractivity (Wildman–Crippen MR) is 199 cm³/mol. The first-order valence-electron chi connectivity index (χ1n) is 17.1. The molecule has 0 radical (unpaired) electrons. The summed E-state index contributed by atoms with van der Waals surface area (Å²) in [5.74, 6) is 1.66. The molecular weight excluding hydrogens is 587 g/mol. The zero-order valence-corrected chi connectivity index (χ0v) is 27.8. The highest BCUT2D eigenvalue weighted by molar-refractivity contribution is 7.82. The van der Waals surface area contributed by atoms with E-state index in [4.69, 9.17) is 0 Å². The molecule has 4 aromatic rings. The molecule has 1 nitrogen and oxygen atoms in total. The Kier molecular flexibility index (Phi) is 7.83. The minimum absolute atomic E-state index is 0.0771. The highest BCUT2D eigenvalue weighted by Gasteiger charge is 2.55. The van der Waals surface area contributed by atoms with Crippen molar-refractivity contribution in [2.45, 2.75) is 31.1 Å².